The SMILES string of the molecule is CC(NC(=O)c1cc(Br)ccc1Br)/C(N)=N/O. The highest BCUT2D eigenvalue weighted by Gasteiger charge is 2.15. The third-order valence-corrected chi connectivity index (χ3v) is 3.26. The number of rotatable bonds is 3. The van der Waals surface area contributed by atoms with Crippen molar-refractivity contribution >= 4 is 43.6 Å². The number of nitrogens with one attached hydrogen (secondary N) is 1. The molecule has 0 heterocycles. The molecule has 1 rings (SSSR count). The number of hydrogen-bond acceptors (Lipinski definition) is 3. The molecule has 92 valence electrons. The summed E-state index contributed by atoms with van der Waals surface area (Å²) in [5, 5.41) is 13.9. The predicted octanol–water partition coefficient (Wildman–Crippen LogP) is 2.08. The molecule has 5 nitrogen and oxygen atoms in total. The third kappa shape index (κ3) is 3.71. The molecule has 7 heteroatoms. The minimum absolute atomic E-state index is 0.0514. The lowest BCUT2D eigenvalue weighted by Gasteiger charge is -2.13. The molecular formula is C10H11Br2N3O2. The summed E-state index contributed by atoms with van der Waals surface area (Å²) in [7, 11) is 0. The van der Waals surface area contributed by atoms with Gasteiger partial charge in [0.1, 0.15) is 0 Å². The van der Waals surface area contributed by atoms with Crippen LogP contribution in [0.1, 0.15) is 17.3 Å². The van der Waals surface area contributed by atoms with Crippen LogP contribution in [-0.4, -0.2) is 23.0 Å². The van der Waals surface area contributed by atoms with E-state index in [2.05, 4.69) is 42.3 Å². The molecule has 0 saturated carbocycles. The van der Waals surface area contributed by atoms with Gasteiger partial charge in [0.15, 0.2) is 5.84 Å². The number of oxime groups is 1. The zero-order chi connectivity index (χ0) is 13.0. The zero-order valence-corrected chi connectivity index (χ0v) is 12.1. The summed E-state index contributed by atoms with van der Waals surface area (Å²) in [4.78, 5) is 11.9. The monoisotopic (exact) mass is 363 g/mol. The van der Waals surface area contributed by atoms with Gasteiger partial charge in [-0.05, 0) is 41.1 Å². The Morgan fingerprint density at radius 1 is 1.53 bits per heavy atom. The van der Waals surface area contributed by atoms with Gasteiger partial charge in [-0.3, -0.25) is 4.79 Å². The second kappa shape index (κ2) is 6.02. The normalized spacial score (nSPS) is 13.2. The van der Waals surface area contributed by atoms with E-state index in [1.54, 1.807) is 19.1 Å². The quantitative estimate of drug-likeness (QED) is 0.332. The lowest BCUT2D eigenvalue weighted by atomic mass is 10.2. The van der Waals surface area contributed by atoms with E-state index < -0.39 is 6.04 Å². The Morgan fingerprint density at radius 2 is 2.18 bits per heavy atom. The van der Waals surface area contributed by atoms with Crippen molar-refractivity contribution < 1.29 is 10.0 Å². The summed E-state index contributed by atoms with van der Waals surface area (Å²) in [5.74, 6) is -0.359. The van der Waals surface area contributed by atoms with Crippen LogP contribution in [0.3, 0.4) is 0 Å². The van der Waals surface area contributed by atoms with Crippen LogP contribution in [0.25, 0.3) is 0 Å². The zero-order valence-electron chi connectivity index (χ0n) is 8.95. The number of amidine groups is 1. The molecule has 17 heavy (non-hydrogen) atoms. The second-order valence-corrected chi connectivity index (χ2v) is 5.11. The molecule has 0 aliphatic carbocycles. The van der Waals surface area contributed by atoms with Crippen molar-refractivity contribution in [2.24, 2.45) is 10.9 Å². The molecule has 4 N–H and O–H groups in total. The molecule has 0 radical (unpaired) electrons. The summed E-state index contributed by atoms with van der Waals surface area (Å²) in [6, 6.07) is 4.71. The van der Waals surface area contributed by atoms with Gasteiger partial charge in [0.25, 0.3) is 5.91 Å². The average molecular weight is 365 g/mol. The highest BCUT2D eigenvalue weighted by molar-refractivity contribution is 9.11. The van der Waals surface area contributed by atoms with Gasteiger partial charge in [-0.2, -0.15) is 0 Å². The molecule has 0 spiro atoms. The molecule has 0 saturated heterocycles. The van der Waals surface area contributed by atoms with Gasteiger partial charge in [-0.25, -0.2) is 0 Å². The molecule has 1 amide bonds. The summed E-state index contributed by atoms with van der Waals surface area (Å²) in [6.45, 7) is 1.62. The molecule has 1 aromatic carbocycles. The fourth-order valence-electron chi connectivity index (χ4n) is 1.11. The number of hydrogen-bond donors (Lipinski definition) is 3. The summed E-state index contributed by atoms with van der Waals surface area (Å²) >= 11 is 6.57. The van der Waals surface area contributed by atoms with E-state index in [-0.39, 0.29) is 11.7 Å². The Bertz CT molecular complexity index is 463. The van der Waals surface area contributed by atoms with E-state index in [1.165, 1.54) is 0 Å². The van der Waals surface area contributed by atoms with Crippen molar-refractivity contribution in [1.82, 2.24) is 5.32 Å². The maximum absolute atomic E-state index is 11.9. The van der Waals surface area contributed by atoms with Crippen molar-refractivity contribution in [3.8, 4) is 0 Å². The molecule has 0 aliphatic heterocycles. The Balaban J connectivity index is 2.87. The molecule has 0 aliphatic rings. The standard InChI is InChI=1S/C10H11Br2N3O2/c1-5(9(13)15-17)14-10(16)7-4-6(11)2-3-8(7)12/h2-5,17H,1H3,(H2,13,15)(H,14,16). The Morgan fingerprint density at radius 3 is 2.76 bits per heavy atom. The molecule has 1 unspecified atom stereocenters. The van der Waals surface area contributed by atoms with E-state index in [4.69, 9.17) is 10.9 Å². The predicted molar refractivity (Wildman–Crippen MR) is 72.2 cm³/mol. The Labute approximate surface area is 115 Å². The Kier molecular flexibility index (Phi) is 4.95. The van der Waals surface area contributed by atoms with Crippen LogP contribution in [0.4, 0.5) is 0 Å². The second-order valence-electron chi connectivity index (χ2n) is 3.34. The number of benzene rings is 1. The van der Waals surface area contributed by atoms with E-state index >= 15 is 0 Å². The van der Waals surface area contributed by atoms with Gasteiger partial charge in [0.05, 0.1) is 11.6 Å². The van der Waals surface area contributed by atoms with Gasteiger partial charge in [0.2, 0.25) is 0 Å². The fourth-order valence-corrected chi connectivity index (χ4v) is 1.89. The third-order valence-electron chi connectivity index (χ3n) is 2.08. The largest absolute Gasteiger partial charge is 0.409 e. The van der Waals surface area contributed by atoms with E-state index in [1.807, 2.05) is 6.07 Å². The number of nitrogens with zero attached hydrogens (tertiary/aromatic N) is 1. The highest BCUT2D eigenvalue weighted by Crippen LogP contribution is 2.21. The van der Waals surface area contributed by atoms with Crippen LogP contribution in [0.5, 0.6) is 0 Å². The minimum Gasteiger partial charge on any atom is -0.409 e. The number of carbonyl (C=O) groups is 1. The van der Waals surface area contributed by atoms with Crippen LogP contribution in [0.15, 0.2) is 32.3 Å². The topological polar surface area (TPSA) is 87.7 Å². The smallest absolute Gasteiger partial charge is 0.253 e. The van der Waals surface area contributed by atoms with Crippen molar-refractivity contribution in [2.75, 3.05) is 0 Å². The van der Waals surface area contributed by atoms with Crippen molar-refractivity contribution in [2.45, 2.75) is 13.0 Å². The van der Waals surface area contributed by atoms with Crippen LogP contribution < -0.4 is 11.1 Å². The van der Waals surface area contributed by atoms with Crippen molar-refractivity contribution in [1.29, 1.82) is 0 Å². The molecule has 1 aromatic rings. The summed E-state index contributed by atoms with van der Waals surface area (Å²) in [6.07, 6.45) is 0. The molecule has 0 bridgehead atoms. The van der Waals surface area contributed by atoms with Gasteiger partial charge >= 0.3 is 0 Å². The van der Waals surface area contributed by atoms with Crippen molar-refractivity contribution in [3.63, 3.8) is 0 Å². The Hall–Kier alpha value is -1.08. The first kappa shape index (κ1) is 14.0. The fraction of sp³-hybridized carbons (Fsp3) is 0.200. The van der Waals surface area contributed by atoms with Crippen LogP contribution in [0, 0.1) is 0 Å². The molecule has 0 fully saturated rings. The maximum Gasteiger partial charge on any atom is 0.253 e. The van der Waals surface area contributed by atoms with Crippen molar-refractivity contribution in [3.05, 3.63) is 32.7 Å². The van der Waals surface area contributed by atoms with Gasteiger partial charge in [-0.1, -0.05) is 21.1 Å². The first-order valence-electron chi connectivity index (χ1n) is 4.69. The molecule has 0 aromatic heterocycles. The lowest BCUT2D eigenvalue weighted by molar-refractivity contribution is 0.0948. The number of halogens is 2. The maximum atomic E-state index is 11.9. The minimum atomic E-state index is -0.543. The van der Waals surface area contributed by atoms with Gasteiger partial charge < -0.3 is 16.3 Å². The first-order valence-corrected chi connectivity index (χ1v) is 6.27. The lowest BCUT2D eigenvalue weighted by Crippen LogP contribution is -2.42. The number of carbonyl (C=O) groups excluding carboxylic acids is 1. The van der Waals surface area contributed by atoms with Crippen LogP contribution >= 0.6 is 31.9 Å². The summed E-state index contributed by atoms with van der Waals surface area (Å²) < 4.78 is 1.47. The van der Waals surface area contributed by atoms with Gasteiger partial charge in [-0.15, -0.1) is 0 Å². The molecular weight excluding hydrogens is 354 g/mol. The van der Waals surface area contributed by atoms with E-state index in [0.717, 1.165) is 4.47 Å². The van der Waals surface area contributed by atoms with E-state index in [9.17, 15) is 4.79 Å². The van der Waals surface area contributed by atoms with Crippen LogP contribution in [-0.2, 0) is 0 Å². The number of amides is 1. The van der Waals surface area contributed by atoms with Crippen LogP contribution in [0.2, 0.25) is 0 Å². The first-order chi connectivity index (χ1) is 7.95. The van der Waals surface area contributed by atoms with Gasteiger partial charge in [0, 0.05) is 8.95 Å². The number of nitrogens with two attached hydrogens (primary N) is 1. The average Bonchev–Trinajstić information content (AvgIpc) is 2.30. The molecule has 1 atom stereocenters. The summed E-state index contributed by atoms with van der Waals surface area (Å²) in [5.41, 5.74) is 5.84. The highest BCUT2D eigenvalue weighted by atomic mass is 79.9. The van der Waals surface area contributed by atoms with E-state index in [0.29, 0.717) is 10.0 Å².